The number of piperidine rings is 1. The number of methoxy groups -OCH3 is 1. The third kappa shape index (κ3) is 4.48. The first-order valence-electron chi connectivity index (χ1n) is 11.4. The van der Waals surface area contributed by atoms with Gasteiger partial charge in [-0.3, -0.25) is 9.69 Å². The molecule has 1 saturated carbocycles. The number of ether oxygens (including phenoxy) is 1. The molecular formula is C26H34N2O3. The monoisotopic (exact) mass is 422 g/mol. The number of amides is 1. The first-order chi connectivity index (χ1) is 14.9. The second-order valence-corrected chi connectivity index (χ2v) is 9.23. The molecule has 166 valence electrons. The summed E-state index contributed by atoms with van der Waals surface area (Å²) in [5, 5.41) is 14.6. The summed E-state index contributed by atoms with van der Waals surface area (Å²) in [5.74, 6) is 0.899. The van der Waals surface area contributed by atoms with Gasteiger partial charge in [0.15, 0.2) is 0 Å². The molecule has 2 aromatic rings. The van der Waals surface area contributed by atoms with Gasteiger partial charge in [-0.1, -0.05) is 48.7 Å². The van der Waals surface area contributed by atoms with Crippen LogP contribution >= 0.6 is 0 Å². The number of aliphatic hydroxyl groups is 1. The maximum atomic E-state index is 13.0. The van der Waals surface area contributed by atoms with Gasteiger partial charge in [0.05, 0.1) is 19.3 Å². The Bertz CT molecular complexity index is 944. The van der Waals surface area contributed by atoms with Gasteiger partial charge in [-0.15, -0.1) is 0 Å². The van der Waals surface area contributed by atoms with Gasteiger partial charge < -0.3 is 15.2 Å². The van der Waals surface area contributed by atoms with Crippen molar-refractivity contribution >= 4 is 11.6 Å². The number of aryl methyl sites for hydroxylation is 2. The Kier molecular flexibility index (Phi) is 6.35. The highest BCUT2D eigenvalue weighted by molar-refractivity contribution is 5.93. The van der Waals surface area contributed by atoms with Gasteiger partial charge in [-0.2, -0.15) is 0 Å². The second-order valence-electron chi connectivity index (χ2n) is 9.23. The van der Waals surface area contributed by atoms with Crippen molar-refractivity contribution in [3.05, 3.63) is 59.2 Å². The van der Waals surface area contributed by atoms with E-state index in [4.69, 9.17) is 4.74 Å². The van der Waals surface area contributed by atoms with Crippen LogP contribution in [0.2, 0.25) is 0 Å². The third-order valence-corrected chi connectivity index (χ3v) is 7.13. The van der Waals surface area contributed by atoms with E-state index in [1.54, 1.807) is 7.11 Å². The minimum Gasteiger partial charge on any atom is -0.496 e. The van der Waals surface area contributed by atoms with E-state index in [1.807, 2.05) is 37.3 Å². The molecule has 4 rings (SSSR count). The zero-order chi connectivity index (χ0) is 22.0. The standard InChI is InChI=1S/C26H34N2O3/c1-18-11-12-22(19(2)16-18)27-24(29)17-28-15-14-26(30)13-7-6-9-21(26)25(28)20-8-4-5-10-23(20)31-3/h4-5,8,10-12,16,21,25,30H,6-7,9,13-15,17H2,1-3H3,(H,27,29)/t21-,25+,26+/m1/s1. The number of carbonyl (C=O) groups excluding carboxylic acids is 1. The molecule has 0 aromatic heterocycles. The number of rotatable bonds is 5. The fourth-order valence-corrected chi connectivity index (χ4v) is 5.57. The second kappa shape index (κ2) is 9.01. The molecule has 1 aliphatic carbocycles. The van der Waals surface area contributed by atoms with Crippen LogP contribution in [-0.2, 0) is 4.79 Å². The molecular weight excluding hydrogens is 388 g/mol. The Hall–Kier alpha value is -2.37. The molecule has 1 saturated heterocycles. The minimum absolute atomic E-state index is 0.0203. The summed E-state index contributed by atoms with van der Waals surface area (Å²) < 4.78 is 5.68. The Morgan fingerprint density at radius 2 is 2.00 bits per heavy atom. The van der Waals surface area contributed by atoms with Gasteiger partial charge in [0, 0.05) is 29.8 Å². The van der Waals surface area contributed by atoms with Crippen molar-refractivity contribution in [1.82, 2.24) is 4.90 Å². The number of hydrogen-bond acceptors (Lipinski definition) is 4. The first kappa shape index (κ1) is 21.8. The molecule has 31 heavy (non-hydrogen) atoms. The van der Waals surface area contributed by atoms with Crippen LogP contribution in [0.1, 0.15) is 54.8 Å². The number of nitrogens with one attached hydrogen (secondary N) is 1. The topological polar surface area (TPSA) is 61.8 Å². The van der Waals surface area contributed by atoms with E-state index in [1.165, 1.54) is 5.56 Å². The quantitative estimate of drug-likeness (QED) is 0.738. The predicted octanol–water partition coefficient (Wildman–Crippen LogP) is 4.62. The lowest BCUT2D eigenvalue weighted by Crippen LogP contribution is -2.56. The first-order valence-corrected chi connectivity index (χ1v) is 11.4. The molecule has 5 nitrogen and oxygen atoms in total. The number of nitrogens with zero attached hydrogens (tertiary/aromatic N) is 1. The number of hydrogen-bond donors (Lipinski definition) is 2. The van der Waals surface area contributed by atoms with Gasteiger partial charge in [0.2, 0.25) is 5.91 Å². The average Bonchev–Trinajstić information content (AvgIpc) is 2.75. The summed E-state index contributed by atoms with van der Waals surface area (Å²) >= 11 is 0. The summed E-state index contributed by atoms with van der Waals surface area (Å²) in [6.07, 6.45) is 4.69. The third-order valence-electron chi connectivity index (χ3n) is 7.13. The van der Waals surface area contributed by atoms with E-state index in [0.717, 1.165) is 48.2 Å². The maximum absolute atomic E-state index is 13.0. The summed E-state index contributed by atoms with van der Waals surface area (Å²) in [6.45, 7) is 5.05. The highest BCUT2D eigenvalue weighted by Crippen LogP contribution is 2.50. The van der Waals surface area contributed by atoms with Gasteiger partial charge in [-0.25, -0.2) is 0 Å². The normalized spacial score (nSPS) is 26.2. The van der Waals surface area contributed by atoms with Crippen LogP contribution in [0, 0.1) is 19.8 Å². The lowest BCUT2D eigenvalue weighted by molar-refractivity contribution is -0.135. The molecule has 2 aliphatic rings. The number of fused-ring (bicyclic) bond motifs is 1. The molecule has 2 fully saturated rings. The van der Waals surface area contributed by atoms with Crippen molar-refractivity contribution in [2.45, 2.75) is 57.6 Å². The molecule has 2 N–H and O–H groups in total. The summed E-state index contributed by atoms with van der Waals surface area (Å²) in [6, 6.07) is 14.1. The van der Waals surface area contributed by atoms with Gasteiger partial charge in [-0.05, 0) is 50.8 Å². The number of carbonyl (C=O) groups is 1. The summed E-state index contributed by atoms with van der Waals surface area (Å²) in [4.78, 5) is 15.3. The Morgan fingerprint density at radius 1 is 1.19 bits per heavy atom. The smallest absolute Gasteiger partial charge is 0.238 e. The van der Waals surface area contributed by atoms with Crippen molar-refractivity contribution in [1.29, 1.82) is 0 Å². The van der Waals surface area contributed by atoms with Gasteiger partial charge >= 0.3 is 0 Å². The van der Waals surface area contributed by atoms with E-state index < -0.39 is 5.60 Å². The molecule has 1 heterocycles. The summed E-state index contributed by atoms with van der Waals surface area (Å²) in [7, 11) is 1.69. The SMILES string of the molecule is COc1ccccc1[C@H]1[C@H]2CCCC[C@]2(O)CCN1CC(=O)Nc1ccc(C)cc1C. The Labute approximate surface area is 185 Å². The van der Waals surface area contributed by atoms with E-state index in [-0.39, 0.29) is 17.9 Å². The van der Waals surface area contributed by atoms with Crippen LogP contribution in [0.25, 0.3) is 0 Å². The van der Waals surface area contributed by atoms with Crippen molar-refractivity contribution in [2.24, 2.45) is 5.92 Å². The van der Waals surface area contributed by atoms with Crippen molar-refractivity contribution in [3.8, 4) is 5.75 Å². The van der Waals surface area contributed by atoms with Crippen LogP contribution in [0.5, 0.6) is 5.75 Å². The fraction of sp³-hybridized carbons (Fsp3) is 0.500. The summed E-state index contributed by atoms with van der Waals surface area (Å²) in [5.41, 5.74) is 3.50. The van der Waals surface area contributed by atoms with Crippen LogP contribution in [-0.4, -0.2) is 41.7 Å². The molecule has 0 spiro atoms. The fourth-order valence-electron chi connectivity index (χ4n) is 5.57. The number of para-hydroxylation sites is 1. The molecule has 0 bridgehead atoms. The minimum atomic E-state index is -0.662. The lowest BCUT2D eigenvalue weighted by Gasteiger charge is -2.52. The van der Waals surface area contributed by atoms with Crippen LogP contribution in [0.4, 0.5) is 5.69 Å². The van der Waals surface area contributed by atoms with Crippen molar-refractivity contribution < 1.29 is 14.6 Å². The highest BCUT2D eigenvalue weighted by atomic mass is 16.5. The van der Waals surface area contributed by atoms with Gasteiger partial charge in [0.1, 0.15) is 5.75 Å². The Morgan fingerprint density at radius 3 is 2.77 bits per heavy atom. The van der Waals surface area contributed by atoms with Crippen LogP contribution in [0.15, 0.2) is 42.5 Å². The van der Waals surface area contributed by atoms with E-state index in [0.29, 0.717) is 19.5 Å². The average molecular weight is 423 g/mol. The molecule has 1 amide bonds. The van der Waals surface area contributed by atoms with Crippen LogP contribution < -0.4 is 10.1 Å². The predicted molar refractivity (Wildman–Crippen MR) is 123 cm³/mol. The van der Waals surface area contributed by atoms with Crippen molar-refractivity contribution in [3.63, 3.8) is 0 Å². The molecule has 0 unspecified atom stereocenters. The molecule has 2 aromatic carbocycles. The Balaban J connectivity index is 1.61. The molecule has 3 atom stereocenters. The molecule has 0 radical (unpaired) electrons. The zero-order valence-electron chi connectivity index (χ0n) is 18.9. The number of likely N-dealkylation sites (tertiary alicyclic amines) is 1. The molecule has 5 heteroatoms. The van der Waals surface area contributed by atoms with E-state index in [2.05, 4.69) is 29.3 Å². The van der Waals surface area contributed by atoms with E-state index in [9.17, 15) is 9.90 Å². The largest absolute Gasteiger partial charge is 0.496 e. The zero-order valence-corrected chi connectivity index (χ0v) is 18.9. The lowest BCUT2D eigenvalue weighted by atomic mass is 9.66. The highest BCUT2D eigenvalue weighted by Gasteiger charge is 2.49. The van der Waals surface area contributed by atoms with Crippen molar-refractivity contribution in [2.75, 3.05) is 25.5 Å². The maximum Gasteiger partial charge on any atom is 0.238 e. The van der Waals surface area contributed by atoms with Crippen LogP contribution in [0.3, 0.4) is 0 Å². The number of anilines is 1. The number of benzene rings is 2. The van der Waals surface area contributed by atoms with E-state index >= 15 is 0 Å². The van der Waals surface area contributed by atoms with Gasteiger partial charge in [0.25, 0.3) is 0 Å². The molecule has 1 aliphatic heterocycles.